The van der Waals surface area contributed by atoms with Crippen LogP contribution >= 0.6 is 0 Å². The minimum Gasteiger partial charge on any atom is -0.465 e. The molecule has 0 aromatic rings. The van der Waals surface area contributed by atoms with Crippen LogP contribution in [0.25, 0.3) is 0 Å². The molecule has 136 valence electrons. The van der Waals surface area contributed by atoms with E-state index >= 15 is 0 Å². The molecule has 2 aliphatic heterocycles. The van der Waals surface area contributed by atoms with Crippen LogP contribution in [-0.4, -0.2) is 95.5 Å². The first-order valence-electron chi connectivity index (χ1n) is 8.03. The molecule has 1 N–H and O–H groups in total. The lowest BCUT2D eigenvalue weighted by Gasteiger charge is -2.42. The second kappa shape index (κ2) is 7.25. The monoisotopic (exact) mass is 343 g/mol. The Balaban J connectivity index is 2.15. The Labute approximate surface area is 141 Å². The number of carbonyl (C=O) groups excluding carboxylic acids is 2. The Morgan fingerprint density at radius 3 is 2.21 bits per heavy atom. The molecule has 3 amide bonds. The van der Waals surface area contributed by atoms with Gasteiger partial charge in [0.25, 0.3) is 0 Å². The van der Waals surface area contributed by atoms with Gasteiger partial charge in [-0.25, -0.2) is 9.59 Å². The van der Waals surface area contributed by atoms with Crippen LogP contribution in [-0.2, 0) is 14.3 Å². The molecule has 1 atom stereocenters. The van der Waals surface area contributed by atoms with Crippen LogP contribution in [0.5, 0.6) is 0 Å². The summed E-state index contributed by atoms with van der Waals surface area (Å²) < 4.78 is 10.6. The zero-order chi connectivity index (χ0) is 17.9. The summed E-state index contributed by atoms with van der Waals surface area (Å²) in [5.74, 6) is -0.268. The topological polar surface area (TPSA) is 99.6 Å². The van der Waals surface area contributed by atoms with Gasteiger partial charge >= 0.3 is 12.2 Å². The van der Waals surface area contributed by atoms with Crippen molar-refractivity contribution in [1.82, 2.24) is 14.7 Å². The second-order valence-electron chi connectivity index (χ2n) is 6.86. The third-order valence-electron chi connectivity index (χ3n) is 3.89. The van der Waals surface area contributed by atoms with Crippen molar-refractivity contribution in [3.63, 3.8) is 0 Å². The lowest BCUT2D eigenvalue weighted by Crippen LogP contribution is -2.63. The average Bonchev–Trinajstić information content (AvgIpc) is 2.52. The molecule has 9 heteroatoms. The molecule has 2 saturated heterocycles. The molecule has 0 bridgehead atoms. The number of piperazine rings is 1. The molecule has 0 aromatic heterocycles. The van der Waals surface area contributed by atoms with Gasteiger partial charge in [-0.1, -0.05) is 0 Å². The molecule has 0 aliphatic carbocycles. The van der Waals surface area contributed by atoms with Crippen LogP contribution in [0.15, 0.2) is 0 Å². The van der Waals surface area contributed by atoms with Gasteiger partial charge in [0.15, 0.2) is 0 Å². The van der Waals surface area contributed by atoms with E-state index in [1.54, 1.807) is 25.7 Å². The Bertz CT molecular complexity index is 498. The summed E-state index contributed by atoms with van der Waals surface area (Å²) in [5.41, 5.74) is -0.687. The van der Waals surface area contributed by atoms with Crippen molar-refractivity contribution in [2.24, 2.45) is 0 Å². The maximum atomic E-state index is 12.8. The molecule has 2 fully saturated rings. The smallest absolute Gasteiger partial charge is 0.411 e. The maximum Gasteiger partial charge on any atom is 0.411 e. The van der Waals surface area contributed by atoms with Crippen LogP contribution in [0.1, 0.15) is 20.8 Å². The van der Waals surface area contributed by atoms with Gasteiger partial charge in [-0.3, -0.25) is 9.69 Å². The van der Waals surface area contributed by atoms with E-state index in [1.165, 1.54) is 4.90 Å². The normalized spacial score (nSPS) is 22.3. The molecular weight excluding hydrogens is 318 g/mol. The Hall–Kier alpha value is -2.03. The quantitative estimate of drug-likeness (QED) is 0.742. The van der Waals surface area contributed by atoms with E-state index in [9.17, 15) is 19.5 Å². The van der Waals surface area contributed by atoms with E-state index in [1.807, 2.05) is 0 Å². The van der Waals surface area contributed by atoms with Crippen molar-refractivity contribution in [3.05, 3.63) is 0 Å². The summed E-state index contributed by atoms with van der Waals surface area (Å²) in [5, 5.41) is 9.21. The van der Waals surface area contributed by atoms with Crippen molar-refractivity contribution in [1.29, 1.82) is 0 Å². The van der Waals surface area contributed by atoms with E-state index in [0.29, 0.717) is 26.3 Å². The Kier molecular flexibility index (Phi) is 5.53. The number of nitrogens with zero attached hydrogens (tertiary/aromatic N) is 3. The molecular formula is C15H25N3O6. The Morgan fingerprint density at radius 1 is 1.04 bits per heavy atom. The molecule has 0 spiro atoms. The first-order chi connectivity index (χ1) is 11.2. The van der Waals surface area contributed by atoms with Crippen LogP contribution in [0.3, 0.4) is 0 Å². The van der Waals surface area contributed by atoms with Crippen molar-refractivity contribution in [2.45, 2.75) is 32.4 Å². The van der Waals surface area contributed by atoms with Crippen molar-refractivity contribution >= 4 is 18.1 Å². The molecule has 0 aromatic carbocycles. The largest absolute Gasteiger partial charge is 0.465 e. The van der Waals surface area contributed by atoms with Crippen LogP contribution in [0.4, 0.5) is 9.59 Å². The Morgan fingerprint density at radius 2 is 1.67 bits per heavy atom. The molecule has 9 nitrogen and oxygen atoms in total. The van der Waals surface area contributed by atoms with Crippen LogP contribution < -0.4 is 0 Å². The molecule has 0 saturated carbocycles. The molecule has 2 rings (SSSR count). The minimum atomic E-state index is -1.10. The van der Waals surface area contributed by atoms with Crippen LogP contribution in [0.2, 0.25) is 0 Å². The predicted octanol–water partition coefficient (Wildman–Crippen LogP) is 0.445. The highest BCUT2D eigenvalue weighted by atomic mass is 16.6. The zero-order valence-corrected chi connectivity index (χ0v) is 14.4. The number of hydrogen-bond donors (Lipinski definition) is 1. The number of morpholine rings is 1. The van der Waals surface area contributed by atoms with Gasteiger partial charge in [-0.2, -0.15) is 0 Å². The van der Waals surface area contributed by atoms with E-state index in [4.69, 9.17) is 9.47 Å². The highest BCUT2D eigenvalue weighted by molar-refractivity contribution is 5.87. The lowest BCUT2D eigenvalue weighted by atomic mass is 10.1. The van der Waals surface area contributed by atoms with Gasteiger partial charge in [0.05, 0.1) is 19.8 Å². The van der Waals surface area contributed by atoms with Gasteiger partial charge in [0.1, 0.15) is 11.6 Å². The van der Waals surface area contributed by atoms with E-state index < -0.39 is 23.8 Å². The molecule has 1 unspecified atom stereocenters. The number of amides is 3. The maximum absolute atomic E-state index is 12.8. The molecule has 2 aliphatic rings. The fraction of sp³-hybridized carbons (Fsp3) is 0.800. The number of ether oxygens (including phenoxy) is 2. The third-order valence-corrected chi connectivity index (χ3v) is 3.89. The van der Waals surface area contributed by atoms with Crippen molar-refractivity contribution < 1.29 is 29.0 Å². The highest BCUT2D eigenvalue weighted by Crippen LogP contribution is 2.18. The number of hydrogen-bond acceptors (Lipinski definition) is 5. The second-order valence-corrected chi connectivity index (χ2v) is 6.86. The predicted molar refractivity (Wildman–Crippen MR) is 83.7 cm³/mol. The first kappa shape index (κ1) is 18.3. The van der Waals surface area contributed by atoms with Gasteiger partial charge in [0.2, 0.25) is 5.91 Å². The fourth-order valence-corrected chi connectivity index (χ4v) is 2.70. The summed E-state index contributed by atoms with van der Waals surface area (Å²) in [6.07, 6.45) is -1.70. The lowest BCUT2D eigenvalue weighted by molar-refractivity contribution is -0.142. The van der Waals surface area contributed by atoms with Gasteiger partial charge in [-0.05, 0) is 20.8 Å². The standard InChI is InChI=1S/C15H25N3O6/c1-15(2,3)24-14(22)18-5-4-17(13(20)21)10-11(18)12(19)16-6-8-23-9-7-16/h11H,4-10H2,1-3H3,(H,20,21). The first-order valence-corrected chi connectivity index (χ1v) is 8.03. The minimum absolute atomic E-state index is 0.0508. The summed E-state index contributed by atoms with van der Waals surface area (Å²) in [4.78, 5) is 40.6. The zero-order valence-electron chi connectivity index (χ0n) is 14.4. The molecule has 2 heterocycles. The van der Waals surface area contributed by atoms with E-state index in [0.717, 1.165) is 4.90 Å². The number of rotatable bonds is 1. The van der Waals surface area contributed by atoms with E-state index in [-0.39, 0.29) is 25.5 Å². The SMILES string of the molecule is CC(C)(C)OC(=O)N1CCN(C(=O)O)CC1C(=O)N1CCOCC1. The summed E-state index contributed by atoms with van der Waals surface area (Å²) in [6, 6.07) is -0.872. The third kappa shape index (κ3) is 4.50. The average molecular weight is 343 g/mol. The van der Waals surface area contributed by atoms with E-state index in [2.05, 4.69) is 0 Å². The van der Waals surface area contributed by atoms with Crippen LogP contribution in [0, 0.1) is 0 Å². The van der Waals surface area contributed by atoms with Crippen molar-refractivity contribution in [3.8, 4) is 0 Å². The number of carbonyl (C=O) groups is 3. The van der Waals surface area contributed by atoms with Gasteiger partial charge in [-0.15, -0.1) is 0 Å². The van der Waals surface area contributed by atoms with Gasteiger partial charge in [0, 0.05) is 26.2 Å². The summed E-state index contributed by atoms with van der Waals surface area (Å²) >= 11 is 0. The summed E-state index contributed by atoms with van der Waals surface area (Å²) in [6.45, 7) is 7.22. The van der Waals surface area contributed by atoms with Crippen molar-refractivity contribution in [2.75, 3.05) is 45.9 Å². The highest BCUT2D eigenvalue weighted by Gasteiger charge is 2.40. The molecule has 24 heavy (non-hydrogen) atoms. The fourth-order valence-electron chi connectivity index (χ4n) is 2.70. The number of carboxylic acid groups (broad SMARTS) is 1. The van der Waals surface area contributed by atoms with Gasteiger partial charge < -0.3 is 24.4 Å². The molecule has 0 radical (unpaired) electrons. The summed E-state index contributed by atoms with van der Waals surface area (Å²) in [7, 11) is 0.